The van der Waals surface area contributed by atoms with E-state index in [0.717, 1.165) is 16.8 Å². The first kappa shape index (κ1) is 23.1. The number of aromatic amines is 1. The van der Waals surface area contributed by atoms with Crippen LogP contribution in [0.2, 0.25) is 0 Å². The first-order chi connectivity index (χ1) is 12.6. The van der Waals surface area contributed by atoms with Crippen molar-refractivity contribution in [3.05, 3.63) is 33.1 Å². The fourth-order valence-corrected chi connectivity index (χ4v) is 4.80. The molecular formula is C13H22N2O11P2. The third-order valence-electron chi connectivity index (χ3n) is 3.93. The van der Waals surface area contributed by atoms with Crippen molar-refractivity contribution in [2.24, 2.45) is 0 Å². The van der Waals surface area contributed by atoms with Gasteiger partial charge in [-0.1, -0.05) is 0 Å². The van der Waals surface area contributed by atoms with Crippen molar-refractivity contribution >= 4 is 15.4 Å². The molecule has 1 aromatic rings. The third-order valence-corrected chi connectivity index (χ3v) is 7.81. The zero-order valence-corrected chi connectivity index (χ0v) is 16.9. The minimum absolute atomic E-state index is 0.681. The fraction of sp³-hybridized carbons (Fsp3) is 0.692. The maximum atomic E-state index is 12.0. The van der Waals surface area contributed by atoms with E-state index in [1.165, 1.54) is 20.8 Å². The summed E-state index contributed by atoms with van der Waals surface area (Å²) in [5, 5.41) is 18.7. The van der Waals surface area contributed by atoms with Crippen LogP contribution in [-0.4, -0.2) is 59.6 Å². The molecule has 1 aromatic heterocycles. The van der Waals surface area contributed by atoms with E-state index in [-0.39, 0.29) is 0 Å². The Morgan fingerprint density at radius 2 is 1.82 bits per heavy atom. The SMILES string of the molecule is CC(C)(C)P(=O)(O)OP(=O)(O)OC[C@H]1O[C@@H](n2ccc(=O)[nH]c2=O)[C@@H](O)C1O. The van der Waals surface area contributed by atoms with Gasteiger partial charge in [-0.2, -0.15) is 0 Å². The van der Waals surface area contributed by atoms with E-state index < -0.39 is 63.0 Å². The van der Waals surface area contributed by atoms with Crippen molar-refractivity contribution in [2.45, 2.75) is 50.5 Å². The molecule has 1 aliphatic rings. The van der Waals surface area contributed by atoms with Gasteiger partial charge >= 0.3 is 21.1 Å². The number of nitrogens with one attached hydrogen (secondary N) is 1. The van der Waals surface area contributed by atoms with Gasteiger partial charge in [0.05, 0.1) is 11.8 Å². The van der Waals surface area contributed by atoms with Crippen LogP contribution in [0, 0.1) is 0 Å². The van der Waals surface area contributed by atoms with E-state index in [1.807, 2.05) is 4.98 Å². The van der Waals surface area contributed by atoms with Gasteiger partial charge in [-0.05, 0) is 20.8 Å². The number of rotatable bonds is 6. The summed E-state index contributed by atoms with van der Waals surface area (Å²) in [4.78, 5) is 44.3. The summed E-state index contributed by atoms with van der Waals surface area (Å²) < 4.78 is 39.0. The molecule has 0 saturated carbocycles. The van der Waals surface area contributed by atoms with Gasteiger partial charge in [-0.15, -0.1) is 0 Å². The van der Waals surface area contributed by atoms with E-state index in [9.17, 15) is 38.7 Å². The lowest BCUT2D eigenvalue weighted by Crippen LogP contribution is -2.37. The minimum Gasteiger partial charge on any atom is -0.387 e. The van der Waals surface area contributed by atoms with Gasteiger partial charge in [0.2, 0.25) is 0 Å². The molecular weight excluding hydrogens is 422 g/mol. The van der Waals surface area contributed by atoms with Crippen molar-refractivity contribution in [1.82, 2.24) is 9.55 Å². The molecule has 0 aliphatic carbocycles. The Morgan fingerprint density at radius 1 is 1.21 bits per heavy atom. The summed E-state index contributed by atoms with van der Waals surface area (Å²) in [7, 11) is -9.55. The number of hydrogen-bond donors (Lipinski definition) is 5. The molecule has 0 bridgehead atoms. The van der Waals surface area contributed by atoms with Gasteiger partial charge in [-0.25, -0.2) is 13.7 Å². The first-order valence-corrected chi connectivity index (χ1v) is 11.1. The molecule has 3 unspecified atom stereocenters. The predicted molar refractivity (Wildman–Crippen MR) is 93.7 cm³/mol. The Balaban J connectivity index is 2.09. The Labute approximate surface area is 158 Å². The van der Waals surface area contributed by atoms with Crippen molar-refractivity contribution in [2.75, 3.05) is 6.61 Å². The molecule has 0 aromatic carbocycles. The maximum absolute atomic E-state index is 12.0. The number of aliphatic hydroxyl groups is 2. The molecule has 1 fully saturated rings. The van der Waals surface area contributed by atoms with Gasteiger partial charge in [0.1, 0.15) is 18.3 Å². The second kappa shape index (κ2) is 7.94. The molecule has 0 amide bonds. The standard InChI is InChI=1S/C13H22N2O11P2/c1-13(2,3)27(20,21)26-28(22,23)24-6-7-9(17)10(18)11(25-7)15-5-4-8(16)14-12(15)19/h4-5,7,9-11,17-18H,6H2,1-3H3,(H,20,21)(H,22,23)(H,14,16,19)/t7-,9?,10+,11-/m1/s1. The highest BCUT2D eigenvalue weighted by molar-refractivity contribution is 7.64. The number of H-pyrrole nitrogens is 1. The highest BCUT2D eigenvalue weighted by Crippen LogP contribution is 2.66. The van der Waals surface area contributed by atoms with Gasteiger partial charge in [-0.3, -0.25) is 23.4 Å². The molecule has 0 spiro atoms. The summed E-state index contributed by atoms with van der Waals surface area (Å²) in [6.45, 7) is 3.16. The van der Waals surface area contributed by atoms with Crippen LogP contribution >= 0.6 is 15.4 Å². The van der Waals surface area contributed by atoms with Crippen molar-refractivity contribution in [1.29, 1.82) is 0 Å². The second-order valence-electron chi connectivity index (χ2n) is 7.10. The van der Waals surface area contributed by atoms with Crippen LogP contribution in [0.15, 0.2) is 21.9 Å². The van der Waals surface area contributed by atoms with Gasteiger partial charge in [0, 0.05) is 12.3 Å². The summed E-state index contributed by atoms with van der Waals surface area (Å²) in [5.41, 5.74) is -1.59. The molecule has 2 rings (SSSR count). The van der Waals surface area contributed by atoms with E-state index in [4.69, 9.17) is 4.74 Å². The highest BCUT2D eigenvalue weighted by Gasteiger charge is 2.47. The lowest BCUT2D eigenvalue weighted by molar-refractivity contribution is -0.0541. The number of hydrogen-bond acceptors (Lipinski definition) is 9. The van der Waals surface area contributed by atoms with Crippen LogP contribution in [-0.2, 0) is 22.7 Å². The first-order valence-electron chi connectivity index (χ1n) is 7.99. The van der Waals surface area contributed by atoms with Crippen LogP contribution in [0.25, 0.3) is 0 Å². The molecule has 13 nitrogen and oxygen atoms in total. The molecule has 5 N–H and O–H groups in total. The number of phosphoric ester groups is 1. The monoisotopic (exact) mass is 444 g/mol. The van der Waals surface area contributed by atoms with E-state index in [1.54, 1.807) is 0 Å². The number of aliphatic hydroxyl groups excluding tert-OH is 2. The zero-order chi connectivity index (χ0) is 21.5. The summed E-state index contributed by atoms with van der Waals surface area (Å²) in [5.74, 6) is 0. The van der Waals surface area contributed by atoms with Crippen LogP contribution in [0.5, 0.6) is 0 Å². The molecule has 28 heavy (non-hydrogen) atoms. The van der Waals surface area contributed by atoms with Gasteiger partial charge < -0.3 is 24.7 Å². The number of nitrogens with zero attached hydrogens (tertiary/aromatic N) is 1. The third kappa shape index (κ3) is 5.07. The van der Waals surface area contributed by atoms with Crippen LogP contribution in [0.4, 0.5) is 0 Å². The molecule has 160 valence electrons. The Bertz CT molecular complexity index is 920. The van der Waals surface area contributed by atoms with Crippen LogP contribution in [0.3, 0.4) is 0 Å². The normalized spacial score (nSPS) is 30.0. The lowest BCUT2D eigenvalue weighted by atomic mass is 10.1. The van der Waals surface area contributed by atoms with Crippen LogP contribution < -0.4 is 11.2 Å². The molecule has 2 heterocycles. The van der Waals surface area contributed by atoms with Gasteiger partial charge in [0.25, 0.3) is 5.56 Å². The smallest absolute Gasteiger partial charge is 0.387 e. The Hall–Kier alpha value is -1.14. The maximum Gasteiger partial charge on any atom is 0.479 e. The average molecular weight is 444 g/mol. The van der Waals surface area contributed by atoms with Crippen LogP contribution in [0.1, 0.15) is 27.0 Å². The highest BCUT2D eigenvalue weighted by atomic mass is 31.3. The lowest BCUT2D eigenvalue weighted by Gasteiger charge is -2.26. The van der Waals surface area contributed by atoms with E-state index in [2.05, 4.69) is 8.83 Å². The second-order valence-corrected chi connectivity index (χ2v) is 11.3. The number of aromatic nitrogens is 2. The minimum atomic E-state index is -5.02. The van der Waals surface area contributed by atoms with Crippen molar-refractivity contribution in [3.63, 3.8) is 0 Å². The number of ether oxygens (including phenoxy) is 1. The molecule has 1 saturated heterocycles. The Kier molecular flexibility index (Phi) is 6.56. The molecule has 15 heteroatoms. The van der Waals surface area contributed by atoms with Gasteiger partial charge in [0.15, 0.2) is 6.23 Å². The van der Waals surface area contributed by atoms with Crippen molar-refractivity contribution < 1.29 is 42.7 Å². The van der Waals surface area contributed by atoms with E-state index in [0.29, 0.717) is 0 Å². The molecule has 1 aliphatic heterocycles. The summed E-state index contributed by atoms with van der Waals surface area (Å²) in [6.07, 6.45) is -5.01. The average Bonchev–Trinajstić information content (AvgIpc) is 2.79. The number of phosphoric acid groups is 1. The predicted octanol–water partition coefficient (Wildman–Crippen LogP) is -0.727. The summed E-state index contributed by atoms with van der Waals surface area (Å²) >= 11 is 0. The Morgan fingerprint density at radius 3 is 2.36 bits per heavy atom. The quantitative estimate of drug-likeness (QED) is 0.347. The molecule has 0 radical (unpaired) electrons. The van der Waals surface area contributed by atoms with E-state index >= 15 is 0 Å². The van der Waals surface area contributed by atoms with Crippen molar-refractivity contribution in [3.8, 4) is 0 Å². The summed E-state index contributed by atoms with van der Waals surface area (Å²) in [6, 6.07) is 0.995. The molecule has 6 atom stereocenters. The zero-order valence-electron chi connectivity index (χ0n) is 15.2. The topological polar surface area (TPSA) is 198 Å². The largest absolute Gasteiger partial charge is 0.479 e. The fourth-order valence-electron chi connectivity index (χ4n) is 2.18.